The zero-order valence-corrected chi connectivity index (χ0v) is 9.03. The molecule has 2 N–H and O–H groups in total. The van der Waals surface area contributed by atoms with Crippen LogP contribution in [0.3, 0.4) is 0 Å². The molecule has 0 aromatic heterocycles. The lowest BCUT2D eigenvalue weighted by molar-refractivity contribution is -0.114. The molecule has 1 aromatic rings. The highest BCUT2D eigenvalue weighted by atomic mass is 35.5. The summed E-state index contributed by atoms with van der Waals surface area (Å²) in [5.41, 5.74) is 1.15. The lowest BCUT2D eigenvalue weighted by Gasteiger charge is -2.01. The number of amidine groups is 1. The predicted octanol–water partition coefficient (Wildman–Crippen LogP) is 1.42. The number of aliphatic hydroxyl groups is 1. The molecule has 0 saturated carbocycles. The first kappa shape index (κ1) is 10.9. The molecule has 0 unspecified atom stereocenters. The average molecular weight is 237 g/mol. The number of benzene rings is 1. The maximum atomic E-state index is 11.1. The van der Waals surface area contributed by atoms with Gasteiger partial charge in [0.1, 0.15) is 5.84 Å². The van der Waals surface area contributed by atoms with Crippen LogP contribution < -0.4 is 5.32 Å². The van der Waals surface area contributed by atoms with Crippen molar-refractivity contribution in [3.63, 3.8) is 0 Å². The molecule has 2 rings (SSSR count). The van der Waals surface area contributed by atoms with Gasteiger partial charge in [-0.2, -0.15) is 0 Å². The van der Waals surface area contributed by atoms with Gasteiger partial charge in [0.25, 0.3) is 0 Å². The fraction of sp³-hybridized carbons (Fsp3) is 0.0909. The lowest BCUT2D eigenvalue weighted by Crippen LogP contribution is -2.23. The van der Waals surface area contributed by atoms with Gasteiger partial charge in [-0.25, -0.2) is 4.99 Å². The summed E-state index contributed by atoms with van der Waals surface area (Å²) in [6.45, 7) is -0.217. The summed E-state index contributed by atoms with van der Waals surface area (Å²) in [5.74, 6) is 0.117. The lowest BCUT2D eigenvalue weighted by atomic mass is 10.2. The third kappa shape index (κ3) is 2.29. The molecule has 0 aliphatic carbocycles. The van der Waals surface area contributed by atoms with Crippen LogP contribution in [0.2, 0.25) is 5.02 Å². The number of nitrogens with zero attached hydrogens (tertiary/aromatic N) is 1. The molecular formula is C11H9ClN2O2. The minimum absolute atomic E-state index is 0.217. The van der Waals surface area contributed by atoms with E-state index in [4.69, 9.17) is 16.7 Å². The van der Waals surface area contributed by atoms with E-state index in [-0.39, 0.29) is 12.5 Å². The van der Waals surface area contributed by atoms with Crippen molar-refractivity contribution in [3.8, 4) is 0 Å². The van der Waals surface area contributed by atoms with Gasteiger partial charge in [-0.1, -0.05) is 11.6 Å². The first-order chi connectivity index (χ1) is 7.69. The SMILES string of the molecule is O=C1C=C(CO)C(=Nc2ccc(Cl)cc2)N1. The van der Waals surface area contributed by atoms with Crippen molar-refractivity contribution in [3.05, 3.63) is 40.9 Å². The minimum Gasteiger partial charge on any atom is -0.392 e. The Morgan fingerprint density at radius 3 is 2.62 bits per heavy atom. The van der Waals surface area contributed by atoms with E-state index in [0.29, 0.717) is 22.1 Å². The maximum absolute atomic E-state index is 11.1. The minimum atomic E-state index is -0.267. The molecule has 82 valence electrons. The summed E-state index contributed by atoms with van der Waals surface area (Å²) in [6, 6.07) is 6.88. The normalized spacial score (nSPS) is 17.5. The Balaban J connectivity index is 2.28. The highest BCUT2D eigenvalue weighted by Gasteiger charge is 2.17. The molecule has 0 bridgehead atoms. The maximum Gasteiger partial charge on any atom is 0.250 e. The zero-order chi connectivity index (χ0) is 11.5. The van der Waals surface area contributed by atoms with Crippen molar-refractivity contribution >= 4 is 29.0 Å². The first-order valence-corrected chi connectivity index (χ1v) is 5.04. The van der Waals surface area contributed by atoms with Crippen LogP contribution in [0.25, 0.3) is 0 Å². The number of halogens is 1. The third-order valence-corrected chi connectivity index (χ3v) is 2.34. The quantitative estimate of drug-likeness (QED) is 0.816. The van der Waals surface area contributed by atoms with Crippen molar-refractivity contribution in [1.82, 2.24) is 5.32 Å². The summed E-state index contributed by atoms with van der Waals surface area (Å²) in [5, 5.41) is 12.2. The molecule has 16 heavy (non-hydrogen) atoms. The Morgan fingerprint density at radius 1 is 1.31 bits per heavy atom. The standard InChI is InChI=1S/C11H9ClN2O2/c12-8-1-3-9(4-2-8)13-11-7(6-15)5-10(16)14-11/h1-5,15H,6H2,(H,13,14,16). The molecule has 0 saturated heterocycles. The zero-order valence-electron chi connectivity index (χ0n) is 8.27. The van der Waals surface area contributed by atoms with Crippen LogP contribution in [0.4, 0.5) is 5.69 Å². The monoisotopic (exact) mass is 236 g/mol. The summed E-state index contributed by atoms with van der Waals surface area (Å²) in [7, 11) is 0. The molecular weight excluding hydrogens is 228 g/mol. The van der Waals surface area contributed by atoms with E-state index in [1.165, 1.54) is 6.08 Å². The van der Waals surface area contributed by atoms with Crippen LogP contribution in [-0.4, -0.2) is 23.5 Å². The summed E-state index contributed by atoms with van der Waals surface area (Å²) < 4.78 is 0. The van der Waals surface area contributed by atoms with E-state index in [1.54, 1.807) is 24.3 Å². The largest absolute Gasteiger partial charge is 0.392 e. The van der Waals surface area contributed by atoms with E-state index in [9.17, 15) is 4.79 Å². The van der Waals surface area contributed by atoms with Gasteiger partial charge < -0.3 is 10.4 Å². The first-order valence-electron chi connectivity index (χ1n) is 4.66. The average Bonchev–Trinajstić information content (AvgIpc) is 2.62. The predicted molar refractivity (Wildman–Crippen MR) is 61.9 cm³/mol. The second-order valence-electron chi connectivity index (χ2n) is 3.25. The Bertz CT molecular complexity index is 477. The van der Waals surface area contributed by atoms with Crippen LogP contribution in [0.1, 0.15) is 0 Å². The summed E-state index contributed by atoms with van der Waals surface area (Å²) >= 11 is 5.74. The van der Waals surface area contributed by atoms with Crippen molar-refractivity contribution in [2.24, 2.45) is 4.99 Å². The number of aliphatic hydroxyl groups excluding tert-OH is 1. The molecule has 1 aliphatic rings. The van der Waals surface area contributed by atoms with Gasteiger partial charge in [0.2, 0.25) is 5.91 Å². The highest BCUT2D eigenvalue weighted by Crippen LogP contribution is 2.18. The Morgan fingerprint density at radius 2 is 2.00 bits per heavy atom. The molecule has 1 aliphatic heterocycles. The fourth-order valence-electron chi connectivity index (χ4n) is 1.32. The smallest absolute Gasteiger partial charge is 0.250 e. The number of carbonyl (C=O) groups excluding carboxylic acids is 1. The number of hydrogen-bond acceptors (Lipinski definition) is 3. The number of nitrogens with one attached hydrogen (secondary N) is 1. The van der Waals surface area contributed by atoms with Crippen LogP contribution in [0.5, 0.6) is 0 Å². The van der Waals surface area contributed by atoms with Crippen molar-refractivity contribution < 1.29 is 9.90 Å². The van der Waals surface area contributed by atoms with Gasteiger partial charge >= 0.3 is 0 Å². The summed E-state index contributed by atoms with van der Waals surface area (Å²) in [6.07, 6.45) is 1.33. The number of hydrogen-bond donors (Lipinski definition) is 2. The van der Waals surface area contributed by atoms with Gasteiger partial charge in [-0.3, -0.25) is 4.79 Å². The molecule has 0 fully saturated rings. The van der Waals surface area contributed by atoms with Crippen molar-refractivity contribution in [2.75, 3.05) is 6.61 Å². The second kappa shape index (κ2) is 4.47. The Kier molecular flexibility index (Phi) is 3.03. The van der Waals surface area contributed by atoms with E-state index < -0.39 is 0 Å². The summed E-state index contributed by atoms with van der Waals surface area (Å²) in [4.78, 5) is 15.3. The molecule has 1 aromatic carbocycles. The molecule has 0 radical (unpaired) electrons. The third-order valence-electron chi connectivity index (χ3n) is 2.09. The fourth-order valence-corrected chi connectivity index (χ4v) is 1.45. The van der Waals surface area contributed by atoms with Gasteiger partial charge in [0.05, 0.1) is 12.3 Å². The molecule has 0 spiro atoms. The van der Waals surface area contributed by atoms with Crippen LogP contribution in [0.15, 0.2) is 40.9 Å². The van der Waals surface area contributed by atoms with Gasteiger partial charge in [0, 0.05) is 16.7 Å². The Labute approximate surface area is 97.3 Å². The van der Waals surface area contributed by atoms with Crippen LogP contribution in [-0.2, 0) is 4.79 Å². The highest BCUT2D eigenvalue weighted by molar-refractivity contribution is 6.30. The van der Waals surface area contributed by atoms with Gasteiger partial charge in [-0.05, 0) is 24.3 Å². The molecule has 0 atom stereocenters. The topological polar surface area (TPSA) is 61.7 Å². The van der Waals surface area contributed by atoms with Crippen molar-refractivity contribution in [1.29, 1.82) is 0 Å². The van der Waals surface area contributed by atoms with Gasteiger partial charge in [0.15, 0.2) is 0 Å². The van der Waals surface area contributed by atoms with E-state index in [2.05, 4.69) is 10.3 Å². The van der Waals surface area contributed by atoms with Gasteiger partial charge in [-0.15, -0.1) is 0 Å². The van der Waals surface area contributed by atoms with E-state index in [0.717, 1.165) is 0 Å². The van der Waals surface area contributed by atoms with E-state index >= 15 is 0 Å². The number of aliphatic imine (C=N–C) groups is 1. The van der Waals surface area contributed by atoms with Crippen molar-refractivity contribution in [2.45, 2.75) is 0 Å². The van der Waals surface area contributed by atoms with Crippen LogP contribution in [0, 0.1) is 0 Å². The van der Waals surface area contributed by atoms with E-state index in [1.807, 2.05) is 0 Å². The molecule has 1 amide bonds. The van der Waals surface area contributed by atoms with Crippen LogP contribution >= 0.6 is 11.6 Å². The Hall–Kier alpha value is -1.65. The number of carbonyl (C=O) groups is 1. The second-order valence-corrected chi connectivity index (χ2v) is 3.69. The molecule has 5 heteroatoms. The number of rotatable bonds is 2. The molecule has 4 nitrogen and oxygen atoms in total. The number of amides is 1. The molecule has 1 heterocycles.